The smallest absolute Gasteiger partial charge is 0.411 e. The highest BCUT2D eigenvalue weighted by molar-refractivity contribution is 8.00. The molecule has 1 aromatic carbocycles. The summed E-state index contributed by atoms with van der Waals surface area (Å²) in [7, 11) is 0. The molecule has 3 rings (SSSR count). The SMILES string of the molecule is CC(C)(C)OC(=O)N1CCSC1C(=O)NCc1csc(C(=N)N)c1-c1ccccc1. The highest BCUT2D eigenvalue weighted by Gasteiger charge is 2.37. The van der Waals surface area contributed by atoms with E-state index in [-0.39, 0.29) is 18.3 Å². The van der Waals surface area contributed by atoms with E-state index in [0.29, 0.717) is 17.2 Å². The number of hydrogen-bond acceptors (Lipinski definition) is 6. The molecule has 1 aliphatic rings. The lowest BCUT2D eigenvalue weighted by Gasteiger charge is -2.27. The molecule has 0 radical (unpaired) electrons. The van der Waals surface area contributed by atoms with Crippen molar-refractivity contribution in [3.63, 3.8) is 0 Å². The molecule has 30 heavy (non-hydrogen) atoms. The molecule has 2 heterocycles. The van der Waals surface area contributed by atoms with Gasteiger partial charge < -0.3 is 15.8 Å². The van der Waals surface area contributed by atoms with Crippen molar-refractivity contribution in [3.8, 4) is 11.1 Å². The Labute approximate surface area is 184 Å². The summed E-state index contributed by atoms with van der Waals surface area (Å²) in [6.07, 6.45) is -0.480. The predicted octanol–water partition coefficient (Wildman–Crippen LogP) is 3.63. The highest BCUT2D eigenvalue weighted by atomic mass is 32.2. The first-order valence-electron chi connectivity index (χ1n) is 9.56. The summed E-state index contributed by atoms with van der Waals surface area (Å²) in [4.78, 5) is 27.4. The third-order valence-electron chi connectivity index (χ3n) is 4.37. The van der Waals surface area contributed by atoms with Crippen molar-refractivity contribution in [1.82, 2.24) is 10.2 Å². The second-order valence-electron chi connectivity index (χ2n) is 7.86. The van der Waals surface area contributed by atoms with E-state index in [1.165, 1.54) is 28.0 Å². The van der Waals surface area contributed by atoms with Crippen molar-refractivity contribution in [2.45, 2.75) is 38.3 Å². The number of carbonyl (C=O) groups excluding carboxylic acids is 2. The van der Waals surface area contributed by atoms with Crippen LogP contribution in [0.15, 0.2) is 35.7 Å². The highest BCUT2D eigenvalue weighted by Crippen LogP contribution is 2.33. The van der Waals surface area contributed by atoms with Crippen LogP contribution in [-0.4, -0.2) is 46.0 Å². The first-order valence-corrected chi connectivity index (χ1v) is 11.5. The molecule has 0 bridgehead atoms. The Morgan fingerprint density at radius 1 is 1.30 bits per heavy atom. The van der Waals surface area contributed by atoms with Gasteiger partial charge in [-0.1, -0.05) is 30.3 Å². The number of ether oxygens (including phenoxy) is 1. The molecule has 1 unspecified atom stereocenters. The van der Waals surface area contributed by atoms with Crippen molar-refractivity contribution in [2.75, 3.05) is 12.3 Å². The third-order valence-corrected chi connectivity index (χ3v) is 6.64. The lowest BCUT2D eigenvalue weighted by atomic mass is 10.0. The lowest BCUT2D eigenvalue weighted by Crippen LogP contribution is -2.46. The number of hydrogen-bond donors (Lipinski definition) is 3. The average molecular weight is 447 g/mol. The van der Waals surface area contributed by atoms with Crippen LogP contribution in [0.2, 0.25) is 0 Å². The molecule has 0 aliphatic carbocycles. The maximum absolute atomic E-state index is 12.8. The van der Waals surface area contributed by atoms with Crippen molar-refractivity contribution < 1.29 is 14.3 Å². The van der Waals surface area contributed by atoms with Gasteiger partial charge in [0.1, 0.15) is 11.4 Å². The van der Waals surface area contributed by atoms with Gasteiger partial charge in [-0.2, -0.15) is 0 Å². The molecular weight excluding hydrogens is 420 g/mol. The largest absolute Gasteiger partial charge is 0.444 e. The standard InChI is InChI=1S/C21H26N4O3S2/c1-21(2,3)28-20(27)25-9-10-29-19(25)18(26)24-11-14-12-30-16(17(22)23)15(14)13-7-5-4-6-8-13/h4-8,12,19H,9-11H2,1-3H3,(H3,22,23)(H,24,26). The summed E-state index contributed by atoms with van der Waals surface area (Å²) < 4.78 is 5.43. The summed E-state index contributed by atoms with van der Waals surface area (Å²) in [6, 6.07) is 9.68. The molecule has 1 fully saturated rings. The van der Waals surface area contributed by atoms with Crippen LogP contribution in [0.1, 0.15) is 31.2 Å². The van der Waals surface area contributed by atoms with Gasteiger partial charge in [-0.25, -0.2) is 4.79 Å². The Bertz CT molecular complexity index is 937. The fourth-order valence-electron chi connectivity index (χ4n) is 3.11. The monoisotopic (exact) mass is 446 g/mol. The normalized spacial score (nSPS) is 16.4. The van der Waals surface area contributed by atoms with Gasteiger partial charge >= 0.3 is 6.09 Å². The zero-order valence-electron chi connectivity index (χ0n) is 17.2. The second kappa shape index (κ2) is 9.09. The van der Waals surface area contributed by atoms with Crippen molar-refractivity contribution in [2.24, 2.45) is 5.73 Å². The van der Waals surface area contributed by atoms with Crippen LogP contribution in [0.5, 0.6) is 0 Å². The van der Waals surface area contributed by atoms with Gasteiger partial charge in [0.2, 0.25) is 0 Å². The molecule has 160 valence electrons. The first-order chi connectivity index (χ1) is 14.2. The fourth-order valence-corrected chi connectivity index (χ4v) is 5.19. The number of thiophene rings is 1. The molecular formula is C21H26N4O3S2. The zero-order chi connectivity index (χ0) is 21.9. The topological polar surface area (TPSA) is 109 Å². The number of amides is 2. The van der Waals surface area contributed by atoms with Crippen LogP contribution in [0, 0.1) is 5.41 Å². The van der Waals surface area contributed by atoms with E-state index < -0.39 is 17.1 Å². The molecule has 1 aromatic heterocycles. The molecule has 9 heteroatoms. The number of nitrogens with one attached hydrogen (secondary N) is 2. The Morgan fingerprint density at radius 2 is 2.00 bits per heavy atom. The van der Waals surface area contributed by atoms with Gasteiger partial charge in [-0.3, -0.25) is 15.1 Å². The molecule has 1 saturated heterocycles. The van der Waals surface area contributed by atoms with Crippen LogP contribution in [-0.2, 0) is 16.1 Å². The Hall–Kier alpha value is -2.52. The van der Waals surface area contributed by atoms with Gasteiger partial charge in [0, 0.05) is 24.4 Å². The number of carbonyl (C=O) groups is 2. The van der Waals surface area contributed by atoms with Crippen LogP contribution in [0.4, 0.5) is 4.79 Å². The number of nitrogens with two attached hydrogens (primary N) is 1. The second-order valence-corrected chi connectivity index (χ2v) is 9.93. The third kappa shape index (κ3) is 5.14. The van der Waals surface area contributed by atoms with Crippen LogP contribution >= 0.6 is 23.1 Å². The molecule has 4 N–H and O–H groups in total. The Balaban J connectivity index is 1.73. The molecule has 0 saturated carbocycles. The predicted molar refractivity (Wildman–Crippen MR) is 122 cm³/mol. The van der Waals surface area contributed by atoms with Crippen molar-refractivity contribution in [1.29, 1.82) is 5.41 Å². The summed E-state index contributed by atoms with van der Waals surface area (Å²) in [5, 5.41) is 12.1. The maximum atomic E-state index is 12.8. The summed E-state index contributed by atoms with van der Waals surface area (Å²) >= 11 is 2.80. The van der Waals surface area contributed by atoms with E-state index in [9.17, 15) is 9.59 Å². The number of nitrogens with zero attached hydrogens (tertiary/aromatic N) is 1. The maximum Gasteiger partial charge on any atom is 0.411 e. The number of nitrogen functional groups attached to an aromatic ring is 1. The van der Waals surface area contributed by atoms with E-state index in [2.05, 4.69) is 5.32 Å². The summed E-state index contributed by atoms with van der Waals surface area (Å²) in [6.45, 7) is 6.17. The van der Waals surface area contributed by atoms with E-state index in [0.717, 1.165) is 16.7 Å². The van der Waals surface area contributed by atoms with E-state index >= 15 is 0 Å². The Morgan fingerprint density at radius 3 is 2.63 bits per heavy atom. The summed E-state index contributed by atoms with van der Waals surface area (Å²) in [5.74, 6) is 0.441. The molecule has 1 aliphatic heterocycles. The summed E-state index contributed by atoms with van der Waals surface area (Å²) in [5.41, 5.74) is 7.84. The zero-order valence-corrected chi connectivity index (χ0v) is 18.9. The Kier molecular flexibility index (Phi) is 6.72. The number of amidine groups is 1. The van der Waals surface area contributed by atoms with E-state index in [1.54, 1.807) is 20.8 Å². The average Bonchev–Trinajstić information content (AvgIpc) is 3.32. The van der Waals surface area contributed by atoms with Crippen LogP contribution in [0.3, 0.4) is 0 Å². The van der Waals surface area contributed by atoms with Gasteiger partial charge in [0.15, 0.2) is 5.37 Å². The molecule has 1 atom stereocenters. The molecule has 2 aromatic rings. The van der Waals surface area contributed by atoms with Gasteiger partial charge in [0.25, 0.3) is 5.91 Å². The van der Waals surface area contributed by atoms with Gasteiger partial charge in [-0.15, -0.1) is 23.1 Å². The quantitative estimate of drug-likeness (QED) is 0.480. The fraction of sp³-hybridized carbons (Fsp3) is 0.381. The number of benzene rings is 1. The van der Waals surface area contributed by atoms with Gasteiger partial charge in [0.05, 0.1) is 4.88 Å². The van der Waals surface area contributed by atoms with Crippen molar-refractivity contribution >= 4 is 40.9 Å². The van der Waals surface area contributed by atoms with E-state index in [4.69, 9.17) is 15.9 Å². The lowest BCUT2D eigenvalue weighted by molar-refractivity contribution is -0.123. The minimum absolute atomic E-state index is 0.00104. The number of thioether (sulfide) groups is 1. The van der Waals surface area contributed by atoms with Crippen LogP contribution in [0.25, 0.3) is 11.1 Å². The number of rotatable bonds is 5. The molecule has 0 spiro atoms. The molecule has 2 amide bonds. The molecule has 7 nitrogen and oxygen atoms in total. The minimum Gasteiger partial charge on any atom is -0.444 e. The van der Waals surface area contributed by atoms with E-state index in [1.807, 2.05) is 35.7 Å². The van der Waals surface area contributed by atoms with Crippen molar-refractivity contribution in [3.05, 3.63) is 46.2 Å². The van der Waals surface area contributed by atoms with Crippen LogP contribution < -0.4 is 11.1 Å². The minimum atomic E-state index is -0.620. The first kappa shape index (κ1) is 22.2. The van der Waals surface area contributed by atoms with Gasteiger partial charge in [-0.05, 0) is 37.3 Å².